The van der Waals surface area contributed by atoms with Crippen LogP contribution in [0.3, 0.4) is 0 Å². The van der Waals surface area contributed by atoms with Crippen LogP contribution in [-0.2, 0) is 13.1 Å². The molecule has 180 valence electrons. The zero-order valence-electron chi connectivity index (χ0n) is 19.6. The van der Waals surface area contributed by atoms with E-state index < -0.39 is 0 Å². The first-order chi connectivity index (χ1) is 16.7. The van der Waals surface area contributed by atoms with E-state index in [9.17, 15) is 0 Å². The molecule has 0 saturated heterocycles. The van der Waals surface area contributed by atoms with Gasteiger partial charge in [-0.05, 0) is 35.0 Å². The van der Waals surface area contributed by atoms with Crippen LogP contribution in [0.5, 0.6) is 0 Å². The highest BCUT2D eigenvalue weighted by Gasteiger charge is 2.14. The van der Waals surface area contributed by atoms with Crippen molar-refractivity contribution in [2.75, 3.05) is 11.5 Å². The average Bonchev–Trinajstić information content (AvgIpc) is 2.88. The van der Waals surface area contributed by atoms with Crippen LogP contribution in [0.1, 0.15) is 11.1 Å². The van der Waals surface area contributed by atoms with E-state index in [2.05, 4.69) is 94.3 Å². The highest BCUT2D eigenvalue weighted by atomic mass is 79.9. The fourth-order valence-corrected chi connectivity index (χ4v) is 4.83. The van der Waals surface area contributed by atoms with Gasteiger partial charge in [0.25, 0.3) is 0 Å². The molecular formula is C30H26Br2N4. The third kappa shape index (κ3) is 4.79. The van der Waals surface area contributed by atoms with E-state index in [1.165, 1.54) is 21.9 Å². The van der Waals surface area contributed by atoms with Crippen LogP contribution >= 0.6 is 0 Å². The topological polar surface area (TPSA) is 59.8 Å². The van der Waals surface area contributed by atoms with Crippen molar-refractivity contribution in [2.24, 2.45) is 0 Å². The van der Waals surface area contributed by atoms with E-state index in [4.69, 9.17) is 11.5 Å². The van der Waals surface area contributed by atoms with Crippen molar-refractivity contribution in [1.82, 2.24) is 0 Å². The molecule has 4 aromatic carbocycles. The molecule has 2 heterocycles. The third-order valence-electron chi connectivity index (χ3n) is 6.59. The van der Waals surface area contributed by atoms with Gasteiger partial charge in [0, 0.05) is 35.4 Å². The quantitative estimate of drug-likeness (QED) is 0.255. The number of anilines is 2. The zero-order valence-corrected chi connectivity index (χ0v) is 22.8. The number of rotatable bonds is 4. The van der Waals surface area contributed by atoms with Gasteiger partial charge in [0.1, 0.15) is 0 Å². The molecule has 0 aliphatic heterocycles. The standard InChI is InChI=1S/C30H24N4.2BrH/c31-27-13-15-33(29-7-3-1-5-25(27)29)19-21-9-11-24-18-22(10-12-23(24)17-21)20-34-16-14-28(32)26-6-2-4-8-30(26)34;;/h1-18,31-32H,19-20H2;2*1H. The van der Waals surface area contributed by atoms with Gasteiger partial charge < -0.3 is 45.4 Å². The molecule has 6 rings (SSSR count). The largest absolute Gasteiger partial charge is 1.00 e. The maximum absolute atomic E-state index is 6.18. The Bertz CT molecular complexity index is 1570. The van der Waals surface area contributed by atoms with Crippen LogP contribution < -0.4 is 54.6 Å². The van der Waals surface area contributed by atoms with E-state index in [-0.39, 0.29) is 34.0 Å². The predicted molar refractivity (Wildman–Crippen MR) is 139 cm³/mol. The Kier molecular flexibility index (Phi) is 7.57. The molecule has 4 nitrogen and oxygen atoms in total. The smallest absolute Gasteiger partial charge is 0.214 e. The molecule has 0 spiro atoms. The highest BCUT2D eigenvalue weighted by Crippen LogP contribution is 2.21. The molecule has 0 saturated carbocycles. The van der Waals surface area contributed by atoms with Crippen LogP contribution in [0.15, 0.2) is 109 Å². The van der Waals surface area contributed by atoms with Gasteiger partial charge in [0.15, 0.2) is 25.5 Å². The number of halogens is 2. The number of fused-ring (bicyclic) bond motifs is 3. The van der Waals surface area contributed by atoms with Gasteiger partial charge in [-0.2, -0.15) is 9.13 Å². The molecule has 2 aromatic heterocycles. The molecule has 4 N–H and O–H groups in total. The lowest BCUT2D eigenvalue weighted by atomic mass is 10.0. The minimum Gasteiger partial charge on any atom is -1.00 e. The Labute approximate surface area is 231 Å². The maximum atomic E-state index is 6.18. The summed E-state index contributed by atoms with van der Waals surface area (Å²) in [6.45, 7) is 1.59. The first-order valence-electron chi connectivity index (χ1n) is 11.5. The Balaban J connectivity index is 0.00000152. The summed E-state index contributed by atoms with van der Waals surface area (Å²) in [4.78, 5) is 0. The Morgan fingerprint density at radius 3 is 1.36 bits per heavy atom. The number of hydrogen-bond acceptors (Lipinski definition) is 2. The predicted octanol–water partition coefficient (Wildman–Crippen LogP) is -1.01. The van der Waals surface area contributed by atoms with Crippen LogP contribution in [-0.4, -0.2) is 0 Å². The molecule has 0 aliphatic carbocycles. The van der Waals surface area contributed by atoms with Gasteiger partial charge in [-0.15, -0.1) is 0 Å². The van der Waals surface area contributed by atoms with Crippen molar-refractivity contribution in [3.8, 4) is 0 Å². The summed E-state index contributed by atoms with van der Waals surface area (Å²) in [5, 5.41) is 4.66. The lowest BCUT2D eigenvalue weighted by Gasteiger charge is -2.07. The van der Waals surface area contributed by atoms with E-state index in [0.717, 1.165) is 46.3 Å². The SMILES string of the molecule is Nc1cc[n+](Cc2ccc3cc(C[n+]4ccc(N)c5ccccc54)ccc3c2)c2ccccc12.[Br-].[Br-]. The van der Waals surface area contributed by atoms with Crippen molar-refractivity contribution in [1.29, 1.82) is 0 Å². The van der Waals surface area contributed by atoms with Gasteiger partial charge in [0.05, 0.1) is 22.1 Å². The second-order valence-electron chi connectivity index (χ2n) is 8.85. The van der Waals surface area contributed by atoms with E-state index in [1.54, 1.807) is 0 Å². The van der Waals surface area contributed by atoms with Crippen LogP contribution in [0, 0.1) is 0 Å². The van der Waals surface area contributed by atoms with Crippen molar-refractivity contribution in [3.63, 3.8) is 0 Å². The summed E-state index contributed by atoms with van der Waals surface area (Å²) in [7, 11) is 0. The van der Waals surface area contributed by atoms with Crippen molar-refractivity contribution in [2.45, 2.75) is 13.1 Å². The molecule has 6 aromatic rings. The molecular weight excluding hydrogens is 576 g/mol. The van der Waals surface area contributed by atoms with Gasteiger partial charge >= 0.3 is 0 Å². The molecule has 0 fully saturated rings. The van der Waals surface area contributed by atoms with Gasteiger partial charge in [-0.25, -0.2) is 0 Å². The lowest BCUT2D eigenvalue weighted by Crippen LogP contribution is -3.00. The summed E-state index contributed by atoms with van der Waals surface area (Å²) in [5.41, 5.74) is 18.8. The van der Waals surface area contributed by atoms with Gasteiger partial charge in [0.2, 0.25) is 11.0 Å². The zero-order chi connectivity index (χ0) is 23.1. The minimum atomic E-state index is 0. The second-order valence-corrected chi connectivity index (χ2v) is 8.85. The number of aromatic nitrogens is 2. The molecule has 0 unspecified atom stereocenters. The molecule has 0 radical (unpaired) electrons. The molecule has 6 heteroatoms. The molecule has 36 heavy (non-hydrogen) atoms. The summed E-state index contributed by atoms with van der Waals surface area (Å²) in [6, 6.07) is 34.0. The number of nitrogens with zero attached hydrogens (tertiary/aromatic N) is 2. The number of hydrogen-bond donors (Lipinski definition) is 2. The summed E-state index contributed by atoms with van der Waals surface area (Å²) >= 11 is 0. The number of nitrogen functional groups attached to an aromatic ring is 2. The molecule has 0 atom stereocenters. The summed E-state index contributed by atoms with van der Waals surface area (Å²) in [6.07, 6.45) is 4.14. The number of pyridine rings is 2. The fourth-order valence-electron chi connectivity index (χ4n) is 4.83. The van der Waals surface area contributed by atoms with Crippen LogP contribution in [0.2, 0.25) is 0 Å². The summed E-state index contributed by atoms with van der Waals surface area (Å²) < 4.78 is 4.51. The molecule has 0 aliphatic rings. The number of nitrogens with two attached hydrogens (primary N) is 2. The van der Waals surface area contributed by atoms with Crippen molar-refractivity contribution in [3.05, 3.63) is 121 Å². The normalized spacial score (nSPS) is 10.8. The highest BCUT2D eigenvalue weighted by molar-refractivity contribution is 5.88. The number of benzene rings is 4. The van der Waals surface area contributed by atoms with Crippen LogP contribution in [0.25, 0.3) is 32.6 Å². The van der Waals surface area contributed by atoms with Gasteiger partial charge in [-0.3, -0.25) is 0 Å². The van der Waals surface area contributed by atoms with E-state index in [1.807, 2.05) is 24.3 Å². The summed E-state index contributed by atoms with van der Waals surface area (Å²) in [5.74, 6) is 0. The van der Waals surface area contributed by atoms with Gasteiger partial charge in [-0.1, -0.05) is 48.5 Å². The minimum absolute atomic E-state index is 0. The lowest BCUT2D eigenvalue weighted by molar-refractivity contribution is -0.662. The third-order valence-corrected chi connectivity index (χ3v) is 6.59. The van der Waals surface area contributed by atoms with Crippen molar-refractivity contribution >= 4 is 44.0 Å². The maximum Gasteiger partial charge on any atom is 0.214 e. The second kappa shape index (κ2) is 10.6. The monoisotopic (exact) mass is 600 g/mol. The molecule has 0 amide bonds. The van der Waals surface area contributed by atoms with E-state index >= 15 is 0 Å². The fraction of sp³-hybridized carbons (Fsp3) is 0.0667. The Morgan fingerprint density at radius 1 is 0.500 bits per heavy atom. The first-order valence-corrected chi connectivity index (χ1v) is 11.5. The Morgan fingerprint density at radius 2 is 0.917 bits per heavy atom. The Hall–Kier alpha value is -3.48. The van der Waals surface area contributed by atoms with Crippen molar-refractivity contribution < 1.29 is 43.1 Å². The van der Waals surface area contributed by atoms with Crippen LogP contribution in [0.4, 0.5) is 11.4 Å². The first kappa shape index (κ1) is 25.6. The number of para-hydroxylation sites is 2. The molecule has 0 bridgehead atoms. The average molecular weight is 602 g/mol. The van der Waals surface area contributed by atoms with E-state index in [0.29, 0.717) is 0 Å².